The van der Waals surface area contributed by atoms with Gasteiger partial charge in [-0.15, -0.1) is 23.4 Å². The van der Waals surface area contributed by atoms with Gasteiger partial charge in [-0.25, -0.2) is 4.79 Å². The summed E-state index contributed by atoms with van der Waals surface area (Å²) in [5, 5.41) is 5.36. The van der Waals surface area contributed by atoms with E-state index in [9.17, 15) is 4.79 Å². The van der Waals surface area contributed by atoms with Crippen LogP contribution in [0.15, 0.2) is 29.2 Å². The normalized spacial score (nSPS) is 9.88. The van der Waals surface area contributed by atoms with E-state index < -0.39 is 0 Å². The number of halogens is 1. The highest BCUT2D eigenvalue weighted by Crippen LogP contribution is 2.19. The van der Waals surface area contributed by atoms with E-state index in [-0.39, 0.29) is 6.03 Å². The molecule has 0 bridgehead atoms. The van der Waals surface area contributed by atoms with Gasteiger partial charge in [0.2, 0.25) is 0 Å². The Morgan fingerprint density at radius 3 is 2.62 bits per heavy atom. The average Bonchev–Trinajstić information content (AvgIpc) is 2.29. The fourth-order valence-corrected chi connectivity index (χ4v) is 1.89. The van der Waals surface area contributed by atoms with Gasteiger partial charge in [-0.3, -0.25) is 0 Å². The van der Waals surface area contributed by atoms with Crippen LogP contribution in [0.3, 0.4) is 0 Å². The SMILES string of the molecule is CCSc1ccc(NC(=O)NCCCl)cc1. The fraction of sp³-hybridized carbons (Fsp3) is 0.364. The highest BCUT2D eigenvalue weighted by atomic mass is 35.5. The van der Waals surface area contributed by atoms with Crippen molar-refractivity contribution in [3.8, 4) is 0 Å². The largest absolute Gasteiger partial charge is 0.337 e. The lowest BCUT2D eigenvalue weighted by Gasteiger charge is -2.06. The number of amides is 2. The van der Waals surface area contributed by atoms with Crippen LogP contribution in [0, 0.1) is 0 Å². The Balaban J connectivity index is 2.45. The second kappa shape index (κ2) is 7.41. The molecule has 0 unspecified atom stereocenters. The van der Waals surface area contributed by atoms with Gasteiger partial charge in [0.1, 0.15) is 0 Å². The molecule has 0 aliphatic heterocycles. The second-order valence-corrected chi connectivity index (χ2v) is 4.74. The first-order valence-corrected chi connectivity index (χ1v) is 6.62. The predicted octanol–water partition coefficient (Wildman–Crippen LogP) is 3.16. The van der Waals surface area contributed by atoms with Crippen molar-refractivity contribution in [3.05, 3.63) is 24.3 Å². The molecule has 2 N–H and O–H groups in total. The topological polar surface area (TPSA) is 41.1 Å². The predicted molar refractivity (Wildman–Crippen MR) is 70.6 cm³/mol. The fourth-order valence-electron chi connectivity index (χ4n) is 1.14. The molecule has 2 amide bonds. The van der Waals surface area contributed by atoms with Crippen LogP contribution < -0.4 is 10.6 Å². The maximum absolute atomic E-state index is 11.3. The van der Waals surface area contributed by atoms with Crippen LogP contribution in [-0.2, 0) is 0 Å². The van der Waals surface area contributed by atoms with Gasteiger partial charge in [0.15, 0.2) is 0 Å². The number of rotatable bonds is 5. The van der Waals surface area contributed by atoms with Crippen LogP contribution in [0.25, 0.3) is 0 Å². The molecule has 1 rings (SSSR count). The van der Waals surface area contributed by atoms with Gasteiger partial charge in [0.25, 0.3) is 0 Å². The zero-order chi connectivity index (χ0) is 11.8. The first kappa shape index (κ1) is 13.2. The summed E-state index contributed by atoms with van der Waals surface area (Å²) >= 11 is 7.23. The monoisotopic (exact) mass is 258 g/mol. The van der Waals surface area contributed by atoms with Crippen LogP contribution in [-0.4, -0.2) is 24.2 Å². The van der Waals surface area contributed by atoms with Crippen LogP contribution in [0.1, 0.15) is 6.92 Å². The molecule has 0 fully saturated rings. The second-order valence-electron chi connectivity index (χ2n) is 3.03. The Morgan fingerprint density at radius 2 is 2.06 bits per heavy atom. The number of hydrogen-bond acceptors (Lipinski definition) is 2. The molecule has 0 radical (unpaired) electrons. The zero-order valence-corrected chi connectivity index (χ0v) is 10.7. The number of nitrogens with one attached hydrogen (secondary N) is 2. The van der Waals surface area contributed by atoms with Crippen molar-refractivity contribution in [1.29, 1.82) is 0 Å². The van der Waals surface area contributed by atoms with E-state index in [0.29, 0.717) is 12.4 Å². The molecule has 1 aromatic carbocycles. The molecule has 0 aliphatic carbocycles. The summed E-state index contributed by atoms with van der Waals surface area (Å²) in [6.07, 6.45) is 0. The minimum absolute atomic E-state index is 0.225. The van der Waals surface area contributed by atoms with Crippen molar-refractivity contribution in [2.45, 2.75) is 11.8 Å². The third kappa shape index (κ3) is 4.77. The molecular formula is C11H15ClN2OS. The van der Waals surface area contributed by atoms with Gasteiger partial charge in [-0.2, -0.15) is 0 Å². The number of thioether (sulfide) groups is 1. The quantitative estimate of drug-likeness (QED) is 0.629. The van der Waals surface area contributed by atoms with Crippen molar-refractivity contribution in [1.82, 2.24) is 5.32 Å². The maximum atomic E-state index is 11.3. The Bertz CT molecular complexity index is 329. The molecule has 0 aromatic heterocycles. The molecular weight excluding hydrogens is 244 g/mol. The number of carbonyl (C=O) groups is 1. The Labute approximate surface area is 105 Å². The molecule has 16 heavy (non-hydrogen) atoms. The average molecular weight is 259 g/mol. The lowest BCUT2D eigenvalue weighted by Crippen LogP contribution is -2.30. The summed E-state index contributed by atoms with van der Waals surface area (Å²) < 4.78 is 0. The van der Waals surface area contributed by atoms with Crippen LogP contribution in [0.5, 0.6) is 0 Å². The standard InChI is InChI=1S/C11H15ClN2OS/c1-2-16-10-5-3-9(4-6-10)14-11(15)13-8-7-12/h3-6H,2,7-8H2,1H3,(H2,13,14,15). The number of benzene rings is 1. The zero-order valence-electron chi connectivity index (χ0n) is 9.13. The summed E-state index contributed by atoms with van der Waals surface area (Å²) in [4.78, 5) is 12.5. The highest BCUT2D eigenvalue weighted by molar-refractivity contribution is 7.99. The lowest BCUT2D eigenvalue weighted by molar-refractivity contribution is 0.252. The molecule has 3 nitrogen and oxygen atoms in total. The summed E-state index contributed by atoms with van der Waals surface area (Å²) in [6.45, 7) is 2.58. The van der Waals surface area contributed by atoms with Crippen molar-refractivity contribution in [2.75, 3.05) is 23.5 Å². The maximum Gasteiger partial charge on any atom is 0.319 e. The van der Waals surface area contributed by atoms with Crippen LogP contribution >= 0.6 is 23.4 Å². The molecule has 5 heteroatoms. The van der Waals surface area contributed by atoms with Gasteiger partial charge >= 0.3 is 6.03 Å². The molecule has 1 aromatic rings. The molecule has 0 saturated heterocycles. The number of alkyl halides is 1. The first-order chi connectivity index (χ1) is 7.76. The summed E-state index contributed by atoms with van der Waals surface area (Å²) in [6, 6.07) is 7.53. The van der Waals surface area contributed by atoms with Crippen molar-refractivity contribution in [3.63, 3.8) is 0 Å². The van der Waals surface area contributed by atoms with Gasteiger partial charge in [-0.1, -0.05) is 6.92 Å². The van der Waals surface area contributed by atoms with E-state index in [1.165, 1.54) is 4.90 Å². The van der Waals surface area contributed by atoms with E-state index in [4.69, 9.17) is 11.6 Å². The molecule has 0 atom stereocenters. The number of hydrogen-bond donors (Lipinski definition) is 2. The number of anilines is 1. The third-order valence-electron chi connectivity index (χ3n) is 1.80. The first-order valence-electron chi connectivity index (χ1n) is 5.10. The Morgan fingerprint density at radius 1 is 1.38 bits per heavy atom. The number of carbonyl (C=O) groups excluding carboxylic acids is 1. The number of urea groups is 1. The molecule has 0 heterocycles. The molecule has 0 saturated carbocycles. The third-order valence-corrected chi connectivity index (χ3v) is 2.89. The van der Waals surface area contributed by atoms with Gasteiger partial charge in [-0.05, 0) is 30.0 Å². The van der Waals surface area contributed by atoms with Gasteiger partial charge in [0.05, 0.1) is 0 Å². The van der Waals surface area contributed by atoms with Crippen molar-refractivity contribution < 1.29 is 4.79 Å². The molecule has 0 aliphatic rings. The molecule has 0 spiro atoms. The van der Waals surface area contributed by atoms with Crippen molar-refractivity contribution in [2.24, 2.45) is 0 Å². The van der Waals surface area contributed by atoms with Crippen LogP contribution in [0.4, 0.5) is 10.5 Å². The molecule has 88 valence electrons. The van der Waals surface area contributed by atoms with Gasteiger partial charge < -0.3 is 10.6 Å². The van der Waals surface area contributed by atoms with Crippen molar-refractivity contribution >= 4 is 35.1 Å². The summed E-state index contributed by atoms with van der Waals surface area (Å²) in [5.41, 5.74) is 0.785. The van der Waals surface area contributed by atoms with Crippen LogP contribution in [0.2, 0.25) is 0 Å². The van der Waals surface area contributed by atoms with E-state index in [1.807, 2.05) is 24.3 Å². The van der Waals surface area contributed by atoms with Gasteiger partial charge in [0, 0.05) is 23.0 Å². The smallest absolute Gasteiger partial charge is 0.319 e. The van der Waals surface area contributed by atoms with E-state index >= 15 is 0 Å². The van der Waals surface area contributed by atoms with E-state index in [0.717, 1.165) is 11.4 Å². The van der Waals surface area contributed by atoms with E-state index in [2.05, 4.69) is 17.6 Å². The Kier molecular flexibility index (Phi) is 6.11. The lowest BCUT2D eigenvalue weighted by atomic mass is 10.3. The van der Waals surface area contributed by atoms with E-state index in [1.54, 1.807) is 11.8 Å². The summed E-state index contributed by atoms with van der Waals surface area (Å²) in [7, 11) is 0. The Hall–Kier alpha value is -0.870. The summed E-state index contributed by atoms with van der Waals surface area (Å²) in [5.74, 6) is 1.46. The highest BCUT2D eigenvalue weighted by Gasteiger charge is 2.00. The minimum atomic E-state index is -0.225. The minimum Gasteiger partial charge on any atom is -0.337 e.